The fraction of sp³-hybridized carbons (Fsp3) is 0.0952. The third-order valence-corrected chi connectivity index (χ3v) is 6.22. The van der Waals surface area contributed by atoms with Gasteiger partial charge in [-0.3, -0.25) is 29.3 Å². The summed E-state index contributed by atoms with van der Waals surface area (Å²) in [5.74, 6) is -0.437. The molecule has 10 heteroatoms. The standard InChI is InChI=1S/C21H16N4O4S2/c1-13-18(20(27)24(22(13)2)15-8-4-3-5-9-15)23-19(26)17(31-21(23)30)12-14-7-6-10-16(11-14)25(28)29/h3-12H,1-2H3/b17-12+. The fourth-order valence-electron chi connectivity index (χ4n) is 3.35. The van der Waals surface area contributed by atoms with Crippen LogP contribution in [0.5, 0.6) is 0 Å². The molecular formula is C21H16N4O4S2. The van der Waals surface area contributed by atoms with E-state index in [1.165, 1.54) is 21.7 Å². The molecule has 0 saturated carbocycles. The summed E-state index contributed by atoms with van der Waals surface area (Å²) in [5, 5.41) is 11.0. The van der Waals surface area contributed by atoms with E-state index in [2.05, 4.69) is 0 Å². The Kier molecular flexibility index (Phi) is 5.34. The number of anilines is 1. The van der Waals surface area contributed by atoms with Gasteiger partial charge in [0.1, 0.15) is 5.69 Å². The minimum Gasteiger partial charge on any atom is -0.283 e. The number of thioether (sulfide) groups is 1. The van der Waals surface area contributed by atoms with E-state index >= 15 is 0 Å². The van der Waals surface area contributed by atoms with Gasteiger partial charge in [-0.15, -0.1) is 0 Å². The summed E-state index contributed by atoms with van der Waals surface area (Å²) >= 11 is 6.47. The first kappa shape index (κ1) is 20.8. The molecule has 1 aromatic heterocycles. The summed E-state index contributed by atoms with van der Waals surface area (Å²) in [6.07, 6.45) is 1.54. The smallest absolute Gasteiger partial charge is 0.283 e. The summed E-state index contributed by atoms with van der Waals surface area (Å²) in [5.41, 5.74) is 1.51. The van der Waals surface area contributed by atoms with Crippen LogP contribution < -0.4 is 10.5 Å². The van der Waals surface area contributed by atoms with Crippen LogP contribution in [0, 0.1) is 17.0 Å². The van der Waals surface area contributed by atoms with E-state index in [4.69, 9.17) is 12.2 Å². The Hall–Kier alpha value is -3.50. The summed E-state index contributed by atoms with van der Waals surface area (Å²) in [7, 11) is 1.74. The van der Waals surface area contributed by atoms with Crippen LogP contribution >= 0.6 is 24.0 Å². The highest BCUT2D eigenvalue weighted by molar-refractivity contribution is 8.27. The van der Waals surface area contributed by atoms with Crippen molar-refractivity contribution in [2.24, 2.45) is 7.05 Å². The number of carbonyl (C=O) groups excluding carboxylic acids is 1. The van der Waals surface area contributed by atoms with Crippen molar-refractivity contribution in [3.05, 3.63) is 91.2 Å². The molecule has 4 rings (SSSR count). The Morgan fingerprint density at radius 2 is 1.81 bits per heavy atom. The Morgan fingerprint density at radius 1 is 1.10 bits per heavy atom. The Balaban J connectivity index is 1.77. The number of hydrogen-bond donors (Lipinski definition) is 0. The maximum atomic E-state index is 13.3. The number of nitro groups is 1. The highest BCUT2D eigenvalue weighted by atomic mass is 32.2. The first-order valence-electron chi connectivity index (χ1n) is 9.16. The molecule has 0 bridgehead atoms. The van der Waals surface area contributed by atoms with Gasteiger partial charge in [0, 0.05) is 19.2 Å². The topological polar surface area (TPSA) is 90.4 Å². The van der Waals surface area contributed by atoms with E-state index in [-0.39, 0.29) is 21.3 Å². The maximum absolute atomic E-state index is 13.3. The second-order valence-corrected chi connectivity index (χ2v) is 8.46. The Morgan fingerprint density at radius 3 is 2.48 bits per heavy atom. The molecule has 0 spiro atoms. The SMILES string of the molecule is Cc1c(N2C(=O)/C(=C\c3cccc([N+](=O)[O-])c3)SC2=S)c(=O)n(-c2ccccc2)n1C. The largest absolute Gasteiger partial charge is 0.296 e. The molecule has 0 aliphatic carbocycles. The van der Waals surface area contributed by atoms with Crippen LogP contribution in [0.25, 0.3) is 11.8 Å². The van der Waals surface area contributed by atoms with Crippen molar-refractivity contribution in [3.63, 3.8) is 0 Å². The summed E-state index contributed by atoms with van der Waals surface area (Å²) < 4.78 is 3.39. The van der Waals surface area contributed by atoms with E-state index < -0.39 is 10.8 Å². The first-order valence-corrected chi connectivity index (χ1v) is 10.4. The third-order valence-electron chi connectivity index (χ3n) is 4.92. The lowest BCUT2D eigenvalue weighted by molar-refractivity contribution is -0.384. The van der Waals surface area contributed by atoms with Crippen LogP contribution in [0.1, 0.15) is 11.3 Å². The molecule has 156 valence electrons. The minimum absolute atomic E-state index is 0.0751. The van der Waals surface area contributed by atoms with Crippen molar-refractivity contribution in [3.8, 4) is 5.69 Å². The molecular weight excluding hydrogens is 436 g/mol. The number of non-ortho nitro benzene ring substituents is 1. The fourth-order valence-corrected chi connectivity index (χ4v) is 4.62. The second-order valence-electron chi connectivity index (χ2n) is 6.78. The average Bonchev–Trinajstić information content (AvgIpc) is 3.14. The summed E-state index contributed by atoms with van der Waals surface area (Å²) in [4.78, 5) is 38.5. The van der Waals surface area contributed by atoms with Crippen LogP contribution in [0.3, 0.4) is 0 Å². The van der Waals surface area contributed by atoms with Crippen molar-refractivity contribution >= 4 is 51.7 Å². The summed E-state index contributed by atoms with van der Waals surface area (Å²) in [6.45, 7) is 1.75. The predicted octanol–water partition coefficient (Wildman–Crippen LogP) is 3.80. The number of thiocarbonyl (C=S) groups is 1. The lowest BCUT2D eigenvalue weighted by Crippen LogP contribution is -2.33. The molecule has 1 aliphatic heterocycles. The zero-order valence-electron chi connectivity index (χ0n) is 16.5. The van der Waals surface area contributed by atoms with Gasteiger partial charge >= 0.3 is 0 Å². The first-order chi connectivity index (χ1) is 14.8. The molecule has 0 atom stereocenters. The van der Waals surface area contributed by atoms with Crippen molar-refractivity contribution in [1.29, 1.82) is 0 Å². The molecule has 31 heavy (non-hydrogen) atoms. The van der Waals surface area contributed by atoms with E-state index in [0.717, 1.165) is 11.8 Å². The lowest BCUT2D eigenvalue weighted by atomic mass is 10.2. The van der Waals surface area contributed by atoms with Crippen LogP contribution in [0.4, 0.5) is 11.4 Å². The van der Waals surface area contributed by atoms with Crippen molar-refractivity contribution in [2.45, 2.75) is 6.92 Å². The molecule has 8 nitrogen and oxygen atoms in total. The third kappa shape index (κ3) is 3.60. The van der Waals surface area contributed by atoms with Gasteiger partial charge in [-0.05, 0) is 30.7 Å². The molecule has 1 aliphatic rings. The van der Waals surface area contributed by atoms with Gasteiger partial charge in [0.05, 0.1) is 21.2 Å². The molecule has 2 aromatic carbocycles. The highest BCUT2D eigenvalue weighted by Gasteiger charge is 2.37. The number of hydrogen-bond acceptors (Lipinski definition) is 6. The second kappa shape index (κ2) is 7.97. The zero-order chi connectivity index (χ0) is 22.3. The quantitative estimate of drug-likeness (QED) is 0.259. The molecule has 0 N–H and O–H groups in total. The van der Waals surface area contributed by atoms with Crippen molar-refractivity contribution in [2.75, 3.05) is 4.90 Å². The van der Waals surface area contributed by atoms with E-state index in [9.17, 15) is 19.7 Å². The number of amides is 1. The predicted molar refractivity (Wildman–Crippen MR) is 124 cm³/mol. The van der Waals surface area contributed by atoms with E-state index in [1.807, 2.05) is 18.2 Å². The van der Waals surface area contributed by atoms with Crippen molar-refractivity contribution in [1.82, 2.24) is 9.36 Å². The number of rotatable bonds is 4. The molecule has 1 saturated heterocycles. The number of carbonyl (C=O) groups is 1. The van der Waals surface area contributed by atoms with Gasteiger partial charge in [-0.1, -0.05) is 54.3 Å². The number of para-hydroxylation sites is 1. The van der Waals surface area contributed by atoms with Crippen LogP contribution in [0.15, 0.2) is 64.3 Å². The van der Waals surface area contributed by atoms with Gasteiger partial charge in [-0.25, -0.2) is 4.68 Å². The van der Waals surface area contributed by atoms with Gasteiger partial charge < -0.3 is 0 Å². The molecule has 1 amide bonds. The van der Waals surface area contributed by atoms with Gasteiger partial charge in [0.15, 0.2) is 4.32 Å². The monoisotopic (exact) mass is 452 g/mol. The number of benzene rings is 2. The molecule has 0 unspecified atom stereocenters. The molecule has 2 heterocycles. The van der Waals surface area contributed by atoms with Crippen LogP contribution in [-0.2, 0) is 11.8 Å². The van der Waals surface area contributed by atoms with Gasteiger partial charge in [-0.2, -0.15) is 0 Å². The van der Waals surface area contributed by atoms with Crippen LogP contribution in [0.2, 0.25) is 0 Å². The van der Waals surface area contributed by atoms with E-state index in [0.29, 0.717) is 21.8 Å². The maximum Gasteiger partial charge on any atom is 0.296 e. The normalized spacial score (nSPS) is 15.2. The molecule has 0 radical (unpaired) electrons. The Bertz CT molecular complexity index is 1320. The van der Waals surface area contributed by atoms with E-state index in [1.54, 1.807) is 49.0 Å². The lowest BCUT2D eigenvalue weighted by Gasteiger charge is -2.12. The molecule has 3 aromatic rings. The summed E-state index contributed by atoms with van der Waals surface area (Å²) in [6, 6.07) is 15.1. The zero-order valence-corrected chi connectivity index (χ0v) is 18.1. The van der Waals surface area contributed by atoms with Gasteiger partial charge in [0.25, 0.3) is 17.2 Å². The van der Waals surface area contributed by atoms with Gasteiger partial charge in [0.2, 0.25) is 0 Å². The van der Waals surface area contributed by atoms with Crippen molar-refractivity contribution < 1.29 is 9.72 Å². The number of nitrogens with zero attached hydrogens (tertiary/aromatic N) is 4. The minimum atomic E-state index is -0.498. The highest BCUT2D eigenvalue weighted by Crippen LogP contribution is 2.36. The Labute approximate surface area is 186 Å². The average molecular weight is 453 g/mol. The van der Waals surface area contributed by atoms with Crippen LogP contribution in [-0.4, -0.2) is 24.5 Å². The number of aromatic nitrogens is 2. The number of nitro benzene ring substituents is 1. The molecule has 1 fully saturated rings.